The van der Waals surface area contributed by atoms with Gasteiger partial charge in [-0.3, -0.25) is 0 Å². The van der Waals surface area contributed by atoms with E-state index in [2.05, 4.69) is 6.07 Å². The number of ether oxygens (including phenoxy) is 1. The first kappa shape index (κ1) is 13.5. The molecule has 0 atom stereocenters. The predicted molar refractivity (Wildman–Crippen MR) is 76.3 cm³/mol. The molecule has 2 aromatic rings. The van der Waals surface area contributed by atoms with Crippen molar-refractivity contribution in [1.29, 1.82) is 5.26 Å². The Labute approximate surface area is 118 Å². The van der Waals surface area contributed by atoms with Gasteiger partial charge in [-0.25, -0.2) is 0 Å². The summed E-state index contributed by atoms with van der Waals surface area (Å²) in [5.74, 6) is 0.816. The third-order valence-electron chi connectivity index (χ3n) is 2.91. The van der Waals surface area contributed by atoms with Gasteiger partial charge in [0, 0.05) is 5.02 Å². The van der Waals surface area contributed by atoms with Crippen LogP contribution in [-0.4, -0.2) is 0 Å². The fourth-order valence-corrected chi connectivity index (χ4v) is 2.11. The van der Waals surface area contributed by atoms with E-state index in [1.807, 2.05) is 49.4 Å². The quantitative estimate of drug-likeness (QED) is 0.831. The van der Waals surface area contributed by atoms with Crippen molar-refractivity contribution in [2.75, 3.05) is 0 Å². The summed E-state index contributed by atoms with van der Waals surface area (Å²) in [5.41, 5.74) is 3.06. The number of hydrogen-bond acceptors (Lipinski definition) is 2. The SMILES string of the molecule is Cc1cc(Cl)ccc1OCc1ccccc1CC#N. The van der Waals surface area contributed by atoms with E-state index in [0.29, 0.717) is 18.1 Å². The van der Waals surface area contributed by atoms with Gasteiger partial charge < -0.3 is 4.74 Å². The van der Waals surface area contributed by atoms with Crippen molar-refractivity contribution < 1.29 is 4.74 Å². The van der Waals surface area contributed by atoms with E-state index in [4.69, 9.17) is 21.6 Å². The van der Waals surface area contributed by atoms with Gasteiger partial charge in [-0.15, -0.1) is 0 Å². The van der Waals surface area contributed by atoms with Gasteiger partial charge in [-0.2, -0.15) is 5.26 Å². The fourth-order valence-electron chi connectivity index (χ4n) is 1.89. The molecule has 0 fully saturated rings. The Balaban J connectivity index is 2.12. The molecule has 0 saturated carbocycles. The first-order valence-corrected chi connectivity index (χ1v) is 6.41. The third kappa shape index (κ3) is 3.49. The molecular formula is C16H14ClNO. The minimum absolute atomic E-state index is 0.402. The first-order valence-electron chi connectivity index (χ1n) is 6.03. The molecule has 0 spiro atoms. The van der Waals surface area contributed by atoms with Gasteiger partial charge in [0.2, 0.25) is 0 Å². The number of aryl methyl sites for hydroxylation is 1. The molecule has 0 unspecified atom stereocenters. The van der Waals surface area contributed by atoms with Crippen LogP contribution in [0.1, 0.15) is 16.7 Å². The summed E-state index contributed by atoms with van der Waals surface area (Å²) in [6, 6.07) is 15.5. The van der Waals surface area contributed by atoms with Crippen LogP contribution in [0.3, 0.4) is 0 Å². The standard InChI is InChI=1S/C16H14ClNO/c1-12-10-15(17)6-7-16(12)19-11-14-5-3-2-4-13(14)8-9-18/h2-7,10H,8,11H2,1H3. The Morgan fingerprint density at radius 3 is 2.58 bits per heavy atom. The normalized spacial score (nSPS) is 9.95. The van der Waals surface area contributed by atoms with Crippen molar-refractivity contribution in [3.05, 3.63) is 64.2 Å². The Morgan fingerprint density at radius 2 is 1.89 bits per heavy atom. The van der Waals surface area contributed by atoms with E-state index in [0.717, 1.165) is 22.4 Å². The van der Waals surface area contributed by atoms with Gasteiger partial charge in [-0.1, -0.05) is 35.9 Å². The average Bonchev–Trinajstić information content (AvgIpc) is 2.40. The molecule has 0 aliphatic heterocycles. The monoisotopic (exact) mass is 271 g/mol. The van der Waals surface area contributed by atoms with E-state index in [1.165, 1.54) is 0 Å². The number of hydrogen-bond donors (Lipinski definition) is 0. The number of halogens is 1. The largest absolute Gasteiger partial charge is 0.489 e. The highest BCUT2D eigenvalue weighted by Crippen LogP contribution is 2.23. The maximum absolute atomic E-state index is 8.80. The molecule has 0 bridgehead atoms. The minimum atomic E-state index is 0.402. The second-order valence-electron chi connectivity index (χ2n) is 4.30. The molecule has 0 aliphatic carbocycles. The molecule has 0 aromatic heterocycles. The summed E-state index contributed by atoms with van der Waals surface area (Å²) in [6.07, 6.45) is 0.402. The van der Waals surface area contributed by atoms with Crippen LogP contribution >= 0.6 is 11.6 Å². The summed E-state index contributed by atoms with van der Waals surface area (Å²) in [4.78, 5) is 0. The van der Waals surface area contributed by atoms with Crippen LogP contribution in [0.4, 0.5) is 0 Å². The smallest absolute Gasteiger partial charge is 0.122 e. The van der Waals surface area contributed by atoms with E-state index >= 15 is 0 Å². The molecule has 0 heterocycles. The van der Waals surface area contributed by atoms with Crippen LogP contribution in [0.15, 0.2) is 42.5 Å². The lowest BCUT2D eigenvalue weighted by Crippen LogP contribution is -2.00. The highest BCUT2D eigenvalue weighted by atomic mass is 35.5. The van der Waals surface area contributed by atoms with Crippen LogP contribution in [0.25, 0.3) is 0 Å². The van der Waals surface area contributed by atoms with Crippen molar-refractivity contribution in [2.45, 2.75) is 20.0 Å². The summed E-state index contributed by atoms with van der Waals surface area (Å²) >= 11 is 5.91. The van der Waals surface area contributed by atoms with Gasteiger partial charge in [0.25, 0.3) is 0 Å². The molecular weight excluding hydrogens is 258 g/mol. The van der Waals surface area contributed by atoms with E-state index in [9.17, 15) is 0 Å². The number of nitriles is 1. The topological polar surface area (TPSA) is 33.0 Å². The van der Waals surface area contributed by atoms with Crippen molar-refractivity contribution in [2.24, 2.45) is 0 Å². The lowest BCUT2D eigenvalue weighted by Gasteiger charge is -2.11. The summed E-state index contributed by atoms with van der Waals surface area (Å²) in [6.45, 7) is 2.42. The molecule has 0 saturated heterocycles. The maximum atomic E-state index is 8.80. The van der Waals surface area contributed by atoms with Gasteiger partial charge in [0.1, 0.15) is 12.4 Å². The zero-order valence-corrected chi connectivity index (χ0v) is 11.4. The van der Waals surface area contributed by atoms with Gasteiger partial charge in [0.05, 0.1) is 12.5 Å². The summed E-state index contributed by atoms with van der Waals surface area (Å²) < 4.78 is 5.80. The maximum Gasteiger partial charge on any atom is 0.122 e. The lowest BCUT2D eigenvalue weighted by atomic mass is 10.1. The molecule has 2 aromatic carbocycles. The molecule has 0 N–H and O–H groups in total. The molecule has 19 heavy (non-hydrogen) atoms. The van der Waals surface area contributed by atoms with Gasteiger partial charge in [-0.05, 0) is 41.8 Å². The Hall–Kier alpha value is -1.98. The predicted octanol–water partition coefficient (Wildman–Crippen LogP) is 4.29. The minimum Gasteiger partial charge on any atom is -0.489 e. The molecule has 96 valence electrons. The van der Waals surface area contributed by atoms with Crippen molar-refractivity contribution >= 4 is 11.6 Å². The zero-order chi connectivity index (χ0) is 13.7. The second-order valence-corrected chi connectivity index (χ2v) is 4.74. The number of benzene rings is 2. The van der Waals surface area contributed by atoms with Crippen molar-refractivity contribution in [3.8, 4) is 11.8 Å². The Bertz CT molecular complexity index is 616. The number of nitrogens with zero attached hydrogens (tertiary/aromatic N) is 1. The average molecular weight is 272 g/mol. The van der Waals surface area contributed by atoms with Crippen molar-refractivity contribution in [3.63, 3.8) is 0 Å². The van der Waals surface area contributed by atoms with Gasteiger partial charge >= 0.3 is 0 Å². The van der Waals surface area contributed by atoms with Crippen LogP contribution in [0.2, 0.25) is 5.02 Å². The van der Waals surface area contributed by atoms with E-state index in [-0.39, 0.29) is 0 Å². The fraction of sp³-hybridized carbons (Fsp3) is 0.188. The molecule has 2 nitrogen and oxygen atoms in total. The molecule has 3 heteroatoms. The first-order chi connectivity index (χ1) is 9.20. The molecule has 2 rings (SSSR count). The summed E-state index contributed by atoms with van der Waals surface area (Å²) in [7, 11) is 0. The molecule has 0 aliphatic rings. The molecule has 0 radical (unpaired) electrons. The van der Waals surface area contributed by atoms with Crippen LogP contribution in [0, 0.1) is 18.3 Å². The number of rotatable bonds is 4. The van der Waals surface area contributed by atoms with Crippen molar-refractivity contribution in [1.82, 2.24) is 0 Å². The Morgan fingerprint density at radius 1 is 1.16 bits per heavy atom. The third-order valence-corrected chi connectivity index (χ3v) is 3.14. The van der Waals surface area contributed by atoms with Crippen LogP contribution in [0.5, 0.6) is 5.75 Å². The van der Waals surface area contributed by atoms with E-state index < -0.39 is 0 Å². The van der Waals surface area contributed by atoms with Crippen LogP contribution in [-0.2, 0) is 13.0 Å². The zero-order valence-electron chi connectivity index (χ0n) is 10.7. The van der Waals surface area contributed by atoms with Crippen LogP contribution < -0.4 is 4.74 Å². The van der Waals surface area contributed by atoms with E-state index in [1.54, 1.807) is 0 Å². The second kappa shape index (κ2) is 6.26. The highest BCUT2D eigenvalue weighted by molar-refractivity contribution is 6.30. The lowest BCUT2D eigenvalue weighted by molar-refractivity contribution is 0.303. The molecule has 0 amide bonds. The summed E-state index contributed by atoms with van der Waals surface area (Å²) in [5, 5.41) is 9.50. The van der Waals surface area contributed by atoms with Gasteiger partial charge in [0.15, 0.2) is 0 Å². The Kier molecular flexibility index (Phi) is 4.43. The highest BCUT2D eigenvalue weighted by Gasteiger charge is 2.04.